The molecule has 0 spiro atoms. The molecule has 1 fully saturated rings. The number of carbonyl (C=O) groups is 1. The van der Waals surface area contributed by atoms with Crippen molar-refractivity contribution < 1.29 is 50.0 Å². The van der Waals surface area contributed by atoms with E-state index in [1.54, 1.807) is 0 Å². The summed E-state index contributed by atoms with van der Waals surface area (Å²) in [6.07, 6.45) is 25.8. The van der Waals surface area contributed by atoms with Gasteiger partial charge >= 0.3 is 0 Å². The summed E-state index contributed by atoms with van der Waals surface area (Å²) < 4.78 is 11.1. The lowest BCUT2D eigenvalue weighted by atomic mass is 9.98. The Morgan fingerprint density at radius 3 is 1.30 bits per heavy atom. The largest absolute Gasteiger partial charge is 0.394 e. The van der Waals surface area contributed by atoms with Crippen molar-refractivity contribution in [2.45, 2.75) is 274 Å². The molecule has 0 radical (unpaired) electrons. The quantitative estimate of drug-likeness (QED) is 0.0283. The molecule has 0 aromatic rings. The zero-order valence-electron chi connectivity index (χ0n) is 36.6. The summed E-state index contributed by atoms with van der Waals surface area (Å²) in [5.74, 6) is -0.694. The molecule has 1 heterocycles. The summed E-state index contributed by atoms with van der Waals surface area (Å²) in [6, 6.07) is -1.16. The first-order valence-electron chi connectivity index (χ1n) is 23.9. The summed E-state index contributed by atoms with van der Waals surface area (Å²) >= 11 is 0. The first-order valence-corrected chi connectivity index (χ1v) is 23.9. The summed E-state index contributed by atoms with van der Waals surface area (Å²) in [6.45, 7) is 3.44. The van der Waals surface area contributed by atoms with Crippen molar-refractivity contribution in [2.24, 2.45) is 0 Å². The highest BCUT2D eigenvalue weighted by Gasteiger charge is 2.44. The molecule has 1 rings (SSSR count). The molecule has 9 unspecified atom stereocenters. The minimum atomic E-state index is -1.66. The van der Waals surface area contributed by atoms with Crippen LogP contribution in [0.5, 0.6) is 0 Å². The van der Waals surface area contributed by atoms with Gasteiger partial charge in [-0.1, -0.05) is 206 Å². The average molecular weight is 818 g/mol. The summed E-state index contributed by atoms with van der Waals surface area (Å²) in [4.78, 5) is 13.1. The van der Waals surface area contributed by atoms with Gasteiger partial charge in [0.05, 0.1) is 25.4 Å². The van der Waals surface area contributed by atoms with E-state index in [0.717, 1.165) is 38.5 Å². The smallest absolute Gasteiger partial charge is 0.249 e. The van der Waals surface area contributed by atoms with Crippen LogP contribution in [-0.2, 0) is 14.3 Å². The van der Waals surface area contributed by atoms with Crippen molar-refractivity contribution in [3.05, 3.63) is 0 Å². The minimum Gasteiger partial charge on any atom is -0.394 e. The van der Waals surface area contributed by atoms with Crippen molar-refractivity contribution in [3.8, 4) is 0 Å². The van der Waals surface area contributed by atoms with Crippen LogP contribution < -0.4 is 5.32 Å². The van der Waals surface area contributed by atoms with Gasteiger partial charge in [-0.25, -0.2) is 0 Å². The van der Waals surface area contributed by atoms with E-state index in [2.05, 4.69) is 19.2 Å². The van der Waals surface area contributed by atoms with Crippen molar-refractivity contribution in [1.29, 1.82) is 0 Å². The number of hydrogen-bond donors (Lipinski definition) is 8. The maximum absolute atomic E-state index is 13.1. The number of amides is 1. The first kappa shape index (κ1) is 54.1. The Kier molecular flexibility index (Phi) is 35.1. The maximum atomic E-state index is 13.1. The van der Waals surface area contributed by atoms with E-state index in [4.69, 9.17) is 9.47 Å². The Balaban J connectivity index is 2.39. The normalized spacial score (nSPS) is 22.0. The van der Waals surface area contributed by atoms with Crippen molar-refractivity contribution >= 4 is 5.91 Å². The molecule has 0 bridgehead atoms. The highest BCUT2D eigenvalue weighted by atomic mass is 16.7. The third-order valence-corrected chi connectivity index (χ3v) is 11.9. The van der Waals surface area contributed by atoms with Crippen LogP contribution in [-0.4, -0.2) is 110 Å². The van der Waals surface area contributed by atoms with Crippen molar-refractivity contribution in [3.63, 3.8) is 0 Å². The molecule has 11 heteroatoms. The number of unbranched alkanes of at least 4 members (excludes halogenated alkanes) is 28. The van der Waals surface area contributed by atoms with E-state index >= 15 is 0 Å². The van der Waals surface area contributed by atoms with Gasteiger partial charge in [-0.05, 0) is 12.8 Å². The Bertz CT molecular complexity index is 897. The zero-order valence-corrected chi connectivity index (χ0v) is 36.6. The first-order chi connectivity index (χ1) is 27.7. The van der Waals surface area contributed by atoms with Crippen LogP contribution in [0.2, 0.25) is 0 Å². The lowest BCUT2D eigenvalue weighted by Crippen LogP contribution is -2.60. The lowest BCUT2D eigenvalue weighted by Gasteiger charge is -2.40. The summed E-state index contributed by atoms with van der Waals surface area (Å²) in [5, 5.41) is 75.6. The lowest BCUT2D eigenvalue weighted by molar-refractivity contribution is -0.303. The Labute approximate surface area is 348 Å². The number of ether oxygens (including phenoxy) is 2. The fraction of sp³-hybridized carbons (Fsp3) is 0.978. The van der Waals surface area contributed by atoms with Gasteiger partial charge < -0.3 is 50.5 Å². The molecule has 340 valence electrons. The van der Waals surface area contributed by atoms with E-state index in [9.17, 15) is 40.5 Å². The highest BCUT2D eigenvalue weighted by Crippen LogP contribution is 2.23. The second-order valence-electron chi connectivity index (χ2n) is 17.2. The fourth-order valence-electron chi connectivity index (χ4n) is 7.91. The number of aliphatic hydroxyl groups excluding tert-OH is 7. The highest BCUT2D eigenvalue weighted by molar-refractivity contribution is 5.80. The van der Waals surface area contributed by atoms with Gasteiger partial charge in [-0.15, -0.1) is 0 Å². The van der Waals surface area contributed by atoms with Crippen LogP contribution in [0.4, 0.5) is 0 Å². The van der Waals surface area contributed by atoms with Crippen molar-refractivity contribution in [1.82, 2.24) is 5.32 Å². The molecule has 0 saturated carbocycles. The molecule has 1 aliphatic rings. The molecule has 1 aliphatic heterocycles. The van der Waals surface area contributed by atoms with E-state index in [0.29, 0.717) is 19.3 Å². The molecule has 8 N–H and O–H groups in total. The van der Waals surface area contributed by atoms with Crippen LogP contribution in [0.15, 0.2) is 0 Å². The van der Waals surface area contributed by atoms with Gasteiger partial charge in [0.25, 0.3) is 0 Å². The fourth-order valence-corrected chi connectivity index (χ4v) is 7.91. The Morgan fingerprint density at radius 2 is 0.912 bits per heavy atom. The summed E-state index contributed by atoms with van der Waals surface area (Å²) in [7, 11) is 0. The second kappa shape index (κ2) is 36.9. The van der Waals surface area contributed by atoms with Crippen LogP contribution in [0.3, 0.4) is 0 Å². The maximum Gasteiger partial charge on any atom is 0.249 e. The van der Waals surface area contributed by atoms with Crippen LogP contribution in [0, 0.1) is 0 Å². The SMILES string of the molecule is CCCCCCCCCCCCCCCCCCCCCC(O)C(=O)NC(COC1OC(CO)C(O)C(O)C1O)C(O)C(O)CCCCCCCCCCCCC. The van der Waals surface area contributed by atoms with Crippen LogP contribution >= 0.6 is 0 Å². The predicted molar refractivity (Wildman–Crippen MR) is 229 cm³/mol. The topological polar surface area (TPSA) is 189 Å². The van der Waals surface area contributed by atoms with Crippen LogP contribution in [0.25, 0.3) is 0 Å². The molecular formula is C46H91NO10. The van der Waals surface area contributed by atoms with Gasteiger partial charge in [0.2, 0.25) is 5.91 Å². The molecule has 11 nitrogen and oxygen atoms in total. The van der Waals surface area contributed by atoms with E-state index in [1.165, 1.54) is 141 Å². The number of hydrogen-bond acceptors (Lipinski definition) is 10. The molecule has 0 aliphatic carbocycles. The van der Waals surface area contributed by atoms with Crippen LogP contribution in [0.1, 0.15) is 219 Å². The van der Waals surface area contributed by atoms with Gasteiger partial charge in [0, 0.05) is 0 Å². The number of carbonyl (C=O) groups excluding carboxylic acids is 1. The van der Waals surface area contributed by atoms with Gasteiger partial charge in [-0.3, -0.25) is 4.79 Å². The number of nitrogens with one attached hydrogen (secondary N) is 1. The molecule has 1 saturated heterocycles. The molecular weight excluding hydrogens is 727 g/mol. The predicted octanol–water partition coefficient (Wildman–Crippen LogP) is 7.89. The summed E-state index contributed by atoms with van der Waals surface area (Å²) in [5.41, 5.74) is 0. The van der Waals surface area contributed by atoms with Crippen molar-refractivity contribution in [2.75, 3.05) is 13.2 Å². The second-order valence-corrected chi connectivity index (χ2v) is 17.2. The van der Waals surface area contributed by atoms with Gasteiger partial charge in [-0.2, -0.15) is 0 Å². The molecule has 0 aromatic heterocycles. The average Bonchev–Trinajstić information content (AvgIpc) is 3.21. The number of rotatable bonds is 40. The third-order valence-electron chi connectivity index (χ3n) is 11.9. The Morgan fingerprint density at radius 1 is 0.544 bits per heavy atom. The molecule has 1 amide bonds. The number of aliphatic hydroxyl groups is 7. The Hall–Kier alpha value is -0.890. The van der Waals surface area contributed by atoms with Gasteiger partial charge in [0.1, 0.15) is 36.6 Å². The van der Waals surface area contributed by atoms with Gasteiger partial charge in [0.15, 0.2) is 6.29 Å². The zero-order chi connectivity index (χ0) is 41.9. The van der Waals surface area contributed by atoms with E-state index in [-0.39, 0.29) is 6.42 Å². The molecule has 9 atom stereocenters. The minimum absolute atomic E-state index is 0.266. The van der Waals surface area contributed by atoms with E-state index in [1.807, 2.05) is 0 Å². The molecule has 0 aromatic carbocycles. The van der Waals surface area contributed by atoms with E-state index < -0.39 is 74.2 Å². The molecule has 57 heavy (non-hydrogen) atoms. The standard InChI is InChI=1S/C46H91NO10/c1-3-5-7-9-11-13-15-16-17-18-19-20-21-22-24-26-28-30-32-34-39(50)45(55)47-37(36-56-46-44(54)43(53)42(52)40(35-48)57-46)41(51)38(49)33-31-29-27-25-23-14-12-10-8-6-4-2/h37-44,46,48-54H,3-36H2,1-2H3,(H,47,55). The monoisotopic (exact) mass is 818 g/mol. The third kappa shape index (κ3) is 26.8.